The lowest BCUT2D eigenvalue weighted by atomic mass is 9.95. The molecule has 0 aliphatic carbocycles. The van der Waals surface area contributed by atoms with Crippen molar-refractivity contribution in [2.45, 2.75) is 46.4 Å². The lowest BCUT2D eigenvalue weighted by molar-refractivity contribution is 0.599. The van der Waals surface area contributed by atoms with E-state index in [1.54, 1.807) is 6.07 Å². The van der Waals surface area contributed by atoms with Gasteiger partial charge in [-0.25, -0.2) is 8.42 Å². The van der Waals surface area contributed by atoms with Gasteiger partial charge in [0.15, 0.2) is 0 Å². The molecular weight excluding hydrogens is 374 g/mol. The maximum absolute atomic E-state index is 13.0. The van der Waals surface area contributed by atoms with Gasteiger partial charge in [0.05, 0.1) is 10.6 Å². The van der Waals surface area contributed by atoms with Crippen LogP contribution >= 0.6 is 15.9 Å². The van der Waals surface area contributed by atoms with Crippen LogP contribution in [0.3, 0.4) is 0 Å². The molecule has 0 aromatic heterocycles. The molecule has 3 nitrogen and oxygen atoms in total. The number of rotatable bonds is 3. The van der Waals surface area contributed by atoms with Crippen LogP contribution in [0.5, 0.6) is 0 Å². The van der Waals surface area contributed by atoms with Crippen molar-refractivity contribution < 1.29 is 8.42 Å². The van der Waals surface area contributed by atoms with Gasteiger partial charge >= 0.3 is 0 Å². The van der Waals surface area contributed by atoms with Crippen molar-refractivity contribution in [1.82, 2.24) is 0 Å². The molecule has 2 rings (SSSR count). The van der Waals surface area contributed by atoms with Crippen LogP contribution in [-0.4, -0.2) is 8.42 Å². The minimum Gasteiger partial charge on any atom is -0.279 e. The molecule has 0 bridgehead atoms. The quantitative estimate of drug-likeness (QED) is 0.785. The lowest BCUT2D eigenvalue weighted by Crippen LogP contribution is -2.18. The fraction of sp³-hybridized carbons (Fsp3) is 0.333. The highest BCUT2D eigenvalue weighted by Crippen LogP contribution is 2.31. The van der Waals surface area contributed by atoms with Gasteiger partial charge in [0, 0.05) is 4.47 Å². The van der Waals surface area contributed by atoms with Crippen LogP contribution in [-0.2, 0) is 10.0 Å². The summed E-state index contributed by atoms with van der Waals surface area (Å²) in [6.07, 6.45) is 0. The molecular formula is C18H22BrNO2S. The van der Waals surface area contributed by atoms with E-state index >= 15 is 0 Å². The van der Waals surface area contributed by atoms with Crippen LogP contribution < -0.4 is 4.72 Å². The van der Waals surface area contributed by atoms with E-state index in [4.69, 9.17) is 0 Å². The largest absolute Gasteiger partial charge is 0.279 e. The molecule has 0 saturated carbocycles. The number of hydrogen-bond acceptors (Lipinski definition) is 2. The summed E-state index contributed by atoms with van der Waals surface area (Å²) in [5.74, 6) is 0. The van der Waals surface area contributed by atoms with E-state index in [0.29, 0.717) is 10.6 Å². The zero-order chi connectivity index (χ0) is 17.5. The molecule has 0 heterocycles. The van der Waals surface area contributed by atoms with Crippen molar-refractivity contribution in [3.05, 3.63) is 56.1 Å². The summed E-state index contributed by atoms with van der Waals surface area (Å²) in [6.45, 7) is 11.6. The number of aryl methyl sites for hydroxylation is 1. The Morgan fingerprint density at radius 3 is 1.78 bits per heavy atom. The minimum atomic E-state index is -3.64. The molecule has 0 unspecified atom stereocenters. The van der Waals surface area contributed by atoms with Crippen molar-refractivity contribution >= 4 is 31.6 Å². The molecule has 0 amide bonds. The van der Waals surface area contributed by atoms with Crippen molar-refractivity contribution in [3.63, 3.8) is 0 Å². The Labute approximate surface area is 147 Å². The normalized spacial score (nSPS) is 11.6. The number of hydrogen-bond donors (Lipinski definition) is 1. The predicted molar refractivity (Wildman–Crippen MR) is 99.8 cm³/mol. The third kappa shape index (κ3) is 3.31. The van der Waals surface area contributed by atoms with Crippen LogP contribution in [0, 0.1) is 41.5 Å². The molecule has 5 heteroatoms. The zero-order valence-corrected chi connectivity index (χ0v) is 16.7. The van der Waals surface area contributed by atoms with Crippen molar-refractivity contribution in [2.75, 3.05) is 4.72 Å². The summed E-state index contributed by atoms with van der Waals surface area (Å²) >= 11 is 3.39. The monoisotopic (exact) mass is 395 g/mol. The molecule has 1 N–H and O–H groups in total. The Morgan fingerprint density at radius 2 is 1.30 bits per heavy atom. The van der Waals surface area contributed by atoms with E-state index in [0.717, 1.165) is 37.9 Å². The summed E-state index contributed by atoms with van der Waals surface area (Å²) in [5, 5.41) is 0. The number of nitrogens with one attached hydrogen (secondary N) is 1. The third-order valence-corrected chi connectivity index (χ3v) is 6.76. The van der Waals surface area contributed by atoms with Gasteiger partial charge in [-0.3, -0.25) is 4.72 Å². The fourth-order valence-corrected chi connectivity index (χ4v) is 5.01. The van der Waals surface area contributed by atoms with E-state index in [1.165, 1.54) is 0 Å². The maximum Gasteiger partial charge on any atom is 0.262 e. The van der Waals surface area contributed by atoms with Crippen LogP contribution in [0.15, 0.2) is 27.6 Å². The summed E-state index contributed by atoms with van der Waals surface area (Å²) in [5.41, 5.74) is 6.31. The first kappa shape index (κ1) is 18.0. The van der Waals surface area contributed by atoms with Gasteiger partial charge < -0.3 is 0 Å². The van der Waals surface area contributed by atoms with Gasteiger partial charge in [0.1, 0.15) is 0 Å². The fourth-order valence-electron chi connectivity index (χ4n) is 2.81. The molecule has 0 aliphatic rings. The summed E-state index contributed by atoms with van der Waals surface area (Å²) in [4.78, 5) is 0.389. The van der Waals surface area contributed by atoms with Crippen LogP contribution in [0.2, 0.25) is 0 Å². The molecule has 0 atom stereocenters. The van der Waals surface area contributed by atoms with Crippen molar-refractivity contribution in [3.8, 4) is 0 Å². The molecule has 0 spiro atoms. The van der Waals surface area contributed by atoms with E-state index in [9.17, 15) is 8.42 Å². The summed E-state index contributed by atoms with van der Waals surface area (Å²) < 4.78 is 29.6. The van der Waals surface area contributed by atoms with E-state index in [1.807, 2.05) is 53.7 Å². The first-order valence-corrected chi connectivity index (χ1v) is 9.69. The molecule has 0 aliphatic heterocycles. The second-order valence-corrected chi connectivity index (χ2v) is 8.55. The highest BCUT2D eigenvalue weighted by molar-refractivity contribution is 9.10. The Morgan fingerprint density at radius 1 is 0.826 bits per heavy atom. The van der Waals surface area contributed by atoms with Gasteiger partial charge in [-0.05, 0) is 93.1 Å². The number of sulfonamides is 1. The smallest absolute Gasteiger partial charge is 0.262 e. The first-order chi connectivity index (χ1) is 10.6. The van der Waals surface area contributed by atoms with Crippen LogP contribution in [0.1, 0.15) is 33.4 Å². The second-order valence-electron chi connectivity index (χ2n) is 6.02. The Balaban J connectivity index is 2.61. The van der Waals surface area contributed by atoms with Crippen LogP contribution in [0.4, 0.5) is 5.69 Å². The number of benzene rings is 2. The van der Waals surface area contributed by atoms with Gasteiger partial charge in [0.2, 0.25) is 0 Å². The van der Waals surface area contributed by atoms with Crippen LogP contribution in [0.25, 0.3) is 0 Å². The SMILES string of the molecule is Cc1cc(Br)ccc1NS(=O)(=O)c1c(C)c(C)c(C)c(C)c1C. The molecule has 23 heavy (non-hydrogen) atoms. The molecule has 2 aromatic carbocycles. The van der Waals surface area contributed by atoms with Gasteiger partial charge in [-0.2, -0.15) is 0 Å². The zero-order valence-electron chi connectivity index (χ0n) is 14.3. The van der Waals surface area contributed by atoms with E-state index in [2.05, 4.69) is 20.7 Å². The molecule has 2 aromatic rings. The Bertz CT molecular complexity index is 857. The third-order valence-electron chi connectivity index (χ3n) is 4.63. The molecule has 0 saturated heterocycles. The van der Waals surface area contributed by atoms with Gasteiger partial charge in [0.25, 0.3) is 10.0 Å². The second kappa shape index (κ2) is 6.29. The highest BCUT2D eigenvalue weighted by atomic mass is 79.9. The summed E-state index contributed by atoms with van der Waals surface area (Å²) in [6, 6.07) is 5.49. The van der Waals surface area contributed by atoms with E-state index in [-0.39, 0.29) is 0 Å². The number of anilines is 1. The Kier molecular flexibility index (Phi) is 4.92. The molecule has 0 fully saturated rings. The highest BCUT2D eigenvalue weighted by Gasteiger charge is 2.24. The number of halogens is 1. The first-order valence-electron chi connectivity index (χ1n) is 7.42. The molecule has 0 radical (unpaired) electrons. The van der Waals surface area contributed by atoms with Crippen molar-refractivity contribution in [2.24, 2.45) is 0 Å². The standard InChI is InChI=1S/C18H22BrNO2S/c1-10-9-16(19)7-8-17(10)20-23(21,22)18-14(5)12(3)11(2)13(4)15(18)6/h7-9,20H,1-6H3. The average molecular weight is 396 g/mol. The van der Waals surface area contributed by atoms with Gasteiger partial charge in [-0.1, -0.05) is 15.9 Å². The Hall–Kier alpha value is -1.33. The van der Waals surface area contributed by atoms with E-state index < -0.39 is 10.0 Å². The minimum absolute atomic E-state index is 0.389. The van der Waals surface area contributed by atoms with Crippen molar-refractivity contribution in [1.29, 1.82) is 0 Å². The topological polar surface area (TPSA) is 46.2 Å². The summed E-state index contributed by atoms with van der Waals surface area (Å²) in [7, 11) is -3.64. The predicted octanol–water partition coefficient (Wildman–Crippen LogP) is 5.10. The molecule has 124 valence electrons. The maximum atomic E-state index is 13.0. The van der Waals surface area contributed by atoms with Gasteiger partial charge in [-0.15, -0.1) is 0 Å². The average Bonchev–Trinajstić information content (AvgIpc) is 2.46. The lowest BCUT2D eigenvalue weighted by Gasteiger charge is -2.20.